The predicted molar refractivity (Wildman–Crippen MR) is 110 cm³/mol. The topological polar surface area (TPSA) is 121 Å². The Morgan fingerprint density at radius 2 is 1.66 bits per heavy atom. The number of rotatable bonds is 5. The Kier molecular flexibility index (Phi) is 5.45. The molecule has 0 bridgehead atoms. The van der Waals surface area contributed by atoms with E-state index in [1.165, 1.54) is 11.2 Å². The largest absolute Gasteiger partial charge is 0.364 e. The monoisotopic (exact) mass is 391 g/mol. The van der Waals surface area contributed by atoms with Gasteiger partial charge in [-0.2, -0.15) is 0 Å². The van der Waals surface area contributed by atoms with Crippen molar-refractivity contribution in [3.63, 3.8) is 0 Å². The van der Waals surface area contributed by atoms with Crippen LogP contribution in [0, 0.1) is 13.8 Å². The number of benzene rings is 2. The van der Waals surface area contributed by atoms with Gasteiger partial charge in [0, 0.05) is 24.0 Å². The summed E-state index contributed by atoms with van der Waals surface area (Å²) in [7, 11) is 1.57. The molecular weight excluding hydrogens is 370 g/mol. The SMILES string of the molecule is Cc1cc(C)cc(C(=O)Nc2ccc(N(C)C(=O)c3[nH]cnc3C(N)=O)cc2)c1. The molecule has 0 saturated heterocycles. The van der Waals surface area contributed by atoms with Crippen LogP contribution in [0.1, 0.15) is 42.5 Å². The zero-order valence-electron chi connectivity index (χ0n) is 16.3. The van der Waals surface area contributed by atoms with Gasteiger partial charge in [-0.15, -0.1) is 0 Å². The summed E-state index contributed by atoms with van der Waals surface area (Å²) in [5.74, 6) is -1.45. The minimum absolute atomic E-state index is 0.0206. The van der Waals surface area contributed by atoms with Crippen molar-refractivity contribution in [2.45, 2.75) is 13.8 Å². The highest BCUT2D eigenvalue weighted by Gasteiger charge is 2.22. The Hall–Kier alpha value is -3.94. The first-order valence-electron chi connectivity index (χ1n) is 8.87. The van der Waals surface area contributed by atoms with Gasteiger partial charge in [0.25, 0.3) is 17.7 Å². The highest BCUT2D eigenvalue weighted by atomic mass is 16.2. The number of H-pyrrole nitrogens is 1. The second-order valence-corrected chi connectivity index (χ2v) is 6.73. The molecule has 0 saturated carbocycles. The van der Waals surface area contributed by atoms with Crippen LogP contribution in [0.3, 0.4) is 0 Å². The molecule has 0 aliphatic heterocycles. The van der Waals surface area contributed by atoms with E-state index in [0.717, 1.165) is 11.1 Å². The first kappa shape index (κ1) is 19.8. The Labute approximate surface area is 167 Å². The molecule has 0 atom stereocenters. The van der Waals surface area contributed by atoms with Crippen molar-refractivity contribution in [1.29, 1.82) is 0 Å². The smallest absolute Gasteiger partial charge is 0.276 e. The molecule has 3 rings (SSSR count). The van der Waals surface area contributed by atoms with Crippen molar-refractivity contribution in [2.75, 3.05) is 17.3 Å². The minimum Gasteiger partial charge on any atom is -0.364 e. The number of carbonyl (C=O) groups is 3. The second kappa shape index (κ2) is 7.97. The normalized spacial score (nSPS) is 10.4. The number of aromatic amines is 1. The lowest BCUT2D eigenvalue weighted by Gasteiger charge is -2.17. The van der Waals surface area contributed by atoms with Crippen LogP contribution in [0.15, 0.2) is 48.8 Å². The summed E-state index contributed by atoms with van der Waals surface area (Å²) >= 11 is 0. The summed E-state index contributed by atoms with van der Waals surface area (Å²) in [6.45, 7) is 3.88. The fourth-order valence-electron chi connectivity index (χ4n) is 3.01. The van der Waals surface area contributed by atoms with Crippen molar-refractivity contribution in [3.05, 3.63) is 76.9 Å². The number of imidazole rings is 1. The molecule has 29 heavy (non-hydrogen) atoms. The van der Waals surface area contributed by atoms with E-state index in [4.69, 9.17) is 5.73 Å². The zero-order chi connectivity index (χ0) is 21.1. The number of hydrogen-bond donors (Lipinski definition) is 3. The molecule has 2 aromatic carbocycles. The van der Waals surface area contributed by atoms with E-state index < -0.39 is 11.8 Å². The molecule has 1 aromatic heterocycles. The van der Waals surface area contributed by atoms with E-state index in [9.17, 15) is 14.4 Å². The molecule has 0 radical (unpaired) electrons. The number of aromatic nitrogens is 2. The van der Waals surface area contributed by atoms with Crippen molar-refractivity contribution in [1.82, 2.24) is 9.97 Å². The van der Waals surface area contributed by atoms with Crippen molar-refractivity contribution < 1.29 is 14.4 Å². The maximum atomic E-state index is 12.6. The van der Waals surface area contributed by atoms with Crippen LogP contribution in [0.4, 0.5) is 11.4 Å². The summed E-state index contributed by atoms with van der Waals surface area (Å²) < 4.78 is 0. The Balaban J connectivity index is 1.74. The second-order valence-electron chi connectivity index (χ2n) is 6.73. The lowest BCUT2D eigenvalue weighted by Crippen LogP contribution is -2.29. The highest BCUT2D eigenvalue weighted by Crippen LogP contribution is 2.20. The third-order valence-corrected chi connectivity index (χ3v) is 4.39. The zero-order valence-corrected chi connectivity index (χ0v) is 16.3. The first-order chi connectivity index (χ1) is 13.8. The molecule has 3 amide bonds. The molecule has 0 unspecified atom stereocenters. The highest BCUT2D eigenvalue weighted by molar-refractivity contribution is 6.11. The van der Waals surface area contributed by atoms with Crippen molar-refractivity contribution in [2.24, 2.45) is 5.73 Å². The molecule has 0 aliphatic carbocycles. The Morgan fingerprint density at radius 1 is 1.03 bits per heavy atom. The lowest BCUT2D eigenvalue weighted by molar-refractivity contribution is 0.0958. The van der Waals surface area contributed by atoms with E-state index >= 15 is 0 Å². The van der Waals surface area contributed by atoms with Crippen LogP contribution in [0.2, 0.25) is 0 Å². The minimum atomic E-state index is -0.785. The van der Waals surface area contributed by atoms with E-state index in [1.54, 1.807) is 31.3 Å². The number of nitrogens with zero attached hydrogens (tertiary/aromatic N) is 2. The number of carbonyl (C=O) groups excluding carboxylic acids is 3. The summed E-state index contributed by atoms with van der Waals surface area (Å²) in [5, 5.41) is 2.84. The molecule has 4 N–H and O–H groups in total. The molecule has 8 heteroatoms. The molecule has 0 fully saturated rings. The standard InChI is InChI=1S/C21H21N5O3/c1-12-8-13(2)10-14(9-12)20(28)25-15-4-6-16(7-5-15)26(3)21(29)18-17(19(22)27)23-11-24-18/h4-11H,1-3H3,(H2,22,27)(H,23,24)(H,25,28). The van der Waals surface area contributed by atoms with Gasteiger partial charge in [-0.25, -0.2) is 4.98 Å². The van der Waals surface area contributed by atoms with Crippen molar-refractivity contribution in [3.8, 4) is 0 Å². The fraction of sp³-hybridized carbons (Fsp3) is 0.143. The van der Waals surface area contributed by atoms with Gasteiger partial charge in [-0.05, 0) is 50.2 Å². The number of amides is 3. The average molecular weight is 391 g/mol. The van der Waals surface area contributed by atoms with Gasteiger partial charge < -0.3 is 20.9 Å². The van der Waals surface area contributed by atoms with Crippen LogP contribution >= 0.6 is 0 Å². The third-order valence-electron chi connectivity index (χ3n) is 4.39. The third kappa shape index (κ3) is 4.32. The summed E-state index contributed by atoms with van der Waals surface area (Å²) in [4.78, 5) is 44.2. The van der Waals surface area contributed by atoms with Gasteiger partial charge in [0.05, 0.1) is 6.33 Å². The number of hydrogen-bond acceptors (Lipinski definition) is 4. The Bertz CT molecular complexity index is 1070. The number of nitrogens with one attached hydrogen (secondary N) is 2. The molecule has 148 valence electrons. The molecule has 1 heterocycles. The first-order valence-corrected chi connectivity index (χ1v) is 8.87. The van der Waals surface area contributed by atoms with Crippen LogP contribution in [0.25, 0.3) is 0 Å². The van der Waals surface area contributed by atoms with Gasteiger partial charge in [0.1, 0.15) is 5.69 Å². The average Bonchev–Trinajstić information content (AvgIpc) is 3.17. The molecule has 8 nitrogen and oxygen atoms in total. The number of primary amides is 1. The van der Waals surface area contributed by atoms with E-state index in [1.807, 2.05) is 32.0 Å². The van der Waals surface area contributed by atoms with E-state index in [-0.39, 0.29) is 17.3 Å². The van der Waals surface area contributed by atoms with Crippen LogP contribution in [0.5, 0.6) is 0 Å². The molecule has 0 spiro atoms. The quantitative estimate of drug-likeness (QED) is 0.619. The number of anilines is 2. The maximum Gasteiger partial charge on any atom is 0.276 e. The van der Waals surface area contributed by atoms with Gasteiger partial charge in [-0.3, -0.25) is 14.4 Å². The van der Waals surface area contributed by atoms with Gasteiger partial charge in [0.15, 0.2) is 5.69 Å². The lowest BCUT2D eigenvalue weighted by atomic mass is 10.1. The van der Waals surface area contributed by atoms with Crippen molar-refractivity contribution >= 4 is 29.1 Å². The van der Waals surface area contributed by atoms with Gasteiger partial charge >= 0.3 is 0 Å². The summed E-state index contributed by atoms with van der Waals surface area (Å²) in [6, 6.07) is 12.4. The molecule has 0 aliphatic rings. The fourth-order valence-corrected chi connectivity index (χ4v) is 3.01. The Morgan fingerprint density at radius 3 is 2.24 bits per heavy atom. The number of aryl methyl sites for hydroxylation is 2. The molecule has 3 aromatic rings. The van der Waals surface area contributed by atoms with E-state index in [0.29, 0.717) is 16.9 Å². The van der Waals surface area contributed by atoms with Crippen LogP contribution in [-0.4, -0.2) is 34.7 Å². The van der Waals surface area contributed by atoms with Crippen LogP contribution < -0.4 is 16.0 Å². The predicted octanol–water partition coefficient (Wildman–Crippen LogP) is 2.65. The van der Waals surface area contributed by atoms with Gasteiger partial charge in [-0.1, -0.05) is 17.2 Å². The summed E-state index contributed by atoms with van der Waals surface area (Å²) in [5.41, 5.74) is 8.92. The summed E-state index contributed by atoms with van der Waals surface area (Å²) in [6.07, 6.45) is 1.24. The van der Waals surface area contributed by atoms with E-state index in [2.05, 4.69) is 15.3 Å². The molecular formula is C21H21N5O3. The number of nitrogens with two attached hydrogens (primary N) is 1. The maximum absolute atomic E-state index is 12.6. The van der Waals surface area contributed by atoms with Gasteiger partial charge in [0.2, 0.25) is 0 Å². The van der Waals surface area contributed by atoms with Crippen LogP contribution in [-0.2, 0) is 0 Å².